The van der Waals surface area contributed by atoms with E-state index in [2.05, 4.69) is 9.71 Å². The number of halogens is 2. The van der Waals surface area contributed by atoms with Crippen LogP contribution in [0.5, 0.6) is 0 Å². The van der Waals surface area contributed by atoms with Gasteiger partial charge in [0.1, 0.15) is 11.6 Å². The lowest BCUT2D eigenvalue weighted by molar-refractivity contribution is 0.104. The second-order valence-electron chi connectivity index (χ2n) is 5.70. The average Bonchev–Trinajstić information content (AvgIpc) is 2.63. The van der Waals surface area contributed by atoms with Crippen molar-refractivity contribution in [2.75, 3.05) is 4.72 Å². The molecule has 1 aromatic heterocycles. The maximum absolute atomic E-state index is 12.9. The first-order valence-electron chi connectivity index (χ1n) is 7.99. The lowest BCUT2D eigenvalue weighted by atomic mass is 10.2. The molecule has 1 N–H and O–H groups in total. The molecule has 3 rings (SSSR count). The Morgan fingerprint density at radius 2 is 1.74 bits per heavy atom. The molecule has 0 atom stereocenters. The van der Waals surface area contributed by atoms with Crippen molar-refractivity contribution in [2.24, 2.45) is 0 Å². The smallest absolute Gasteiger partial charge is 0.263 e. The van der Waals surface area contributed by atoms with E-state index in [9.17, 15) is 12.8 Å². The molecule has 0 spiro atoms. The van der Waals surface area contributed by atoms with Gasteiger partial charge in [-0.2, -0.15) is 0 Å². The average molecular weight is 407 g/mol. The van der Waals surface area contributed by atoms with Crippen molar-refractivity contribution >= 4 is 27.4 Å². The van der Waals surface area contributed by atoms with Crippen LogP contribution in [0, 0.1) is 5.82 Å². The third-order valence-electron chi connectivity index (χ3n) is 3.58. The van der Waals surface area contributed by atoms with Gasteiger partial charge >= 0.3 is 0 Å². The zero-order chi connectivity index (χ0) is 19.3. The van der Waals surface area contributed by atoms with Crippen molar-refractivity contribution in [1.29, 1.82) is 0 Å². The summed E-state index contributed by atoms with van der Waals surface area (Å²) in [6.45, 7) is 0.477. The number of nitrogens with zero attached hydrogens (tertiary/aromatic N) is 1. The number of ether oxygens (including phenoxy) is 1. The molecule has 27 heavy (non-hydrogen) atoms. The molecule has 0 aliphatic heterocycles. The Morgan fingerprint density at radius 1 is 1.00 bits per heavy atom. The summed E-state index contributed by atoms with van der Waals surface area (Å²) in [5.41, 5.74) is 1.39. The van der Waals surface area contributed by atoms with Gasteiger partial charge in [0.05, 0.1) is 23.8 Å². The Hall–Kier alpha value is -2.48. The van der Waals surface area contributed by atoms with Crippen LogP contribution < -0.4 is 4.72 Å². The Balaban J connectivity index is 1.64. The van der Waals surface area contributed by atoms with Gasteiger partial charge in [0, 0.05) is 5.02 Å². The minimum atomic E-state index is -3.79. The third kappa shape index (κ3) is 5.50. The van der Waals surface area contributed by atoms with Crippen LogP contribution in [-0.4, -0.2) is 13.4 Å². The predicted octanol–water partition coefficient (Wildman–Crippen LogP) is 4.39. The number of sulfonamides is 1. The quantitative estimate of drug-likeness (QED) is 0.631. The van der Waals surface area contributed by atoms with Crippen molar-refractivity contribution in [3.05, 3.63) is 88.8 Å². The lowest BCUT2D eigenvalue weighted by Crippen LogP contribution is -2.14. The molecule has 0 aliphatic rings. The van der Waals surface area contributed by atoms with Gasteiger partial charge in [0.15, 0.2) is 0 Å². The molecule has 8 heteroatoms. The Morgan fingerprint density at radius 3 is 2.48 bits per heavy atom. The van der Waals surface area contributed by atoms with E-state index in [4.69, 9.17) is 16.3 Å². The minimum absolute atomic E-state index is 0.0507. The highest BCUT2D eigenvalue weighted by Gasteiger charge is 2.15. The third-order valence-corrected chi connectivity index (χ3v) is 5.17. The number of nitrogens with one attached hydrogen (secondary N) is 1. The number of rotatable bonds is 7. The van der Waals surface area contributed by atoms with E-state index in [1.165, 1.54) is 24.3 Å². The van der Waals surface area contributed by atoms with Crippen LogP contribution in [0.1, 0.15) is 11.3 Å². The minimum Gasteiger partial charge on any atom is -0.370 e. The summed E-state index contributed by atoms with van der Waals surface area (Å²) < 4.78 is 45.7. The second-order valence-corrected chi connectivity index (χ2v) is 7.82. The van der Waals surface area contributed by atoms with Crippen LogP contribution >= 0.6 is 11.6 Å². The molecule has 0 radical (unpaired) electrons. The summed E-state index contributed by atoms with van der Waals surface area (Å²) >= 11 is 5.85. The normalized spacial score (nSPS) is 11.3. The van der Waals surface area contributed by atoms with Gasteiger partial charge in [-0.25, -0.2) is 17.8 Å². The standard InChI is InChI=1S/C19H16ClFN2O3S/c20-15-3-1-5-18(11-15)27(24,25)23-19-6-2-4-17(22-19)13-26-12-14-7-9-16(21)10-8-14/h1-11H,12-13H2,(H,22,23). The molecular formula is C19H16ClFN2O3S. The molecule has 0 aliphatic carbocycles. The molecule has 2 aromatic carbocycles. The van der Waals surface area contributed by atoms with Crippen molar-refractivity contribution in [3.63, 3.8) is 0 Å². The summed E-state index contributed by atoms with van der Waals surface area (Å²) in [5.74, 6) is -0.127. The molecule has 0 fully saturated rings. The zero-order valence-corrected chi connectivity index (χ0v) is 15.7. The van der Waals surface area contributed by atoms with Gasteiger partial charge in [-0.05, 0) is 48.0 Å². The van der Waals surface area contributed by atoms with Crippen molar-refractivity contribution in [1.82, 2.24) is 4.98 Å². The van der Waals surface area contributed by atoms with E-state index >= 15 is 0 Å². The molecule has 140 valence electrons. The van der Waals surface area contributed by atoms with Crippen LogP contribution in [0.2, 0.25) is 5.02 Å². The van der Waals surface area contributed by atoms with Gasteiger partial charge in [0.2, 0.25) is 0 Å². The predicted molar refractivity (Wildman–Crippen MR) is 101 cm³/mol. The van der Waals surface area contributed by atoms with E-state index in [1.54, 1.807) is 42.5 Å². The number of anilines is 1. The van der Waals surface area contributed by atoms with Crippen LogP contribution in [0.25, 0.3) is 0 Å². The molecule has 5 nitrogen and oxygen atoms in total. The SMILES string of the molecule is O=S(=O)(Nc1cccc(COCc2ccc(F)cc2)n1)c1cccc(Cl)c1. The fraction of sp³-hybridized carbons (Fsp3) is 0.105. The molecule has 0 bridgehead atoms. The van der Waals surface area contributed by atoms with E-state index in [-0.39, 0.29) is 23.1 Å². The summed E-state index contributed by atoms with van der Waals surface area (Å²) in [7, 11) is -3.79. The maximum Gasteiger partial charge on any atom is 0.263 e. The van der Waals surface area contributed by atoms with Crippen LogP contribution in [0.4, 0.5) is 10.2 Å². The first-order chi connectivity index (χ1) is 12.9. The number of hydrogen-bond donors (Lipinski definition) is 1. The second kappa shape index (κ2) is 8.47. The van der Waals surface area contributed by atoms with E-state index < -0.39 is 10.0 Å². The molecule has 0 saturated carbocycles. The summed E-state index contributed by atoms with van der Waals surface area (Å²) in [5, 5.41) is 0.328. The molecule has 0 amide bonds. The Labute approximate surface area is 161 Å². The molecule has 3 aromatic rings. The molecule has 0 unspecified atom stereocenters. The largest absolute Gasteiger partial charge is 0.370 e. The van der Waals surface area contributed by atoms with Crippen molar-refractivity contribution in [3.8, 4) is 0 Å². The molecule has 0 saturated heterocycles. The fourth-order valence-corrected chi connectivity index (χ4v) is 3.60. The number of benzene rings is 2. The highest BCUT2D eigenvalue weighted by Crippen LogP contribution is 2.18. The first kappa shape index (κ1) is 19.3. The Kier molecular flexibility index (Phi) is 6.05. The van der Waals surface area contributed by atoms with Crippen molar-refractivity contribution in [2.45, 2.75) is 18.1 Å². The van der Waals surface area contributed by atoms with Crippen LogP contribution in [0.3, 0.4) is 0 Å². The highest BCUT2D eigenvalue weighted by molar-refractivity contribution is 7.92. The monoisotopic (exact) mass is 406 g/mol. The van der Waals surface area contributed by atoms with Gasteiger partial charge < -0.3 is 4.74 Å². The number of aromatic nitrogens is 1. The van der Waals surface area contributed by atoms with Gasteiger partial charge in [-0.15, -0.1) is 0 Å². The van der Waals surface area contributed by atoms with E-state index in [1.807, 2.05) is 0 Å². The van der Waals surface area contributed by atoms with Crippen LogP contribution in [0.15, 0.2) is 71.6 Å². The van der Waals surface area contributed by atoms with Gasteiger partial charge in [-0.1, -0.05) is 35.9 Å². The fourth-order valence-electron chi connectivity index (χ4n) is 2.30. The summed E-state index contributed by atoms with van der Waals surface area (Å²) in [6, 6.07) is 16.9. The number of hydrogen-bond acceptors (Lipinski definition) is 4. The first-order valence-corrected chi connectivity index (χ1v) is 9.85. The van der Waals surface area contributed by atoms with Gasteiger partial charge in [0.25, 0.3) is 10.0 Å². The van der Waals surface area contributed by atoms with Crippen molar-refractivity contribution < 1.29 is 17.5 Å². The zero-order valence-electron chi connectivity index (χ0n) is 14.1. The van der Waals surface area contributed by atoms with E-state index in [0.717, 1.165) is 5.56 Å². The van der Waals surface area contributed by atoms with Gasteiger partial charge in [-0.3, -0.25) is 4.72 Å². The van der Waals surface area contributed by atoms with Crippen LogP contribution in [-0.2, 0) is 28.0 Å². The summed E-state index contributed by atoms with van der Waals surface area (Å²) in [6.07, 6.45) is 0. The maximum atomic E-state index is 12.9. The summed E-state index contributed by atoms with van der Waals surface area (Å²) in [4.78, 5) is 4.29. The molecular weight excluding hydrogens is 391 g/mol. The number of pyridine rings is 1. The highest BCUT2D eigenvalue weighted by atomic mass is 35.5. The Bertz CT molecular complexity index is 1030. The topological polar surface area (TPSA) is 68.3 Å². The molecule has 1 heterocycles. The van der Waals surface area contributed by atoms with E-state index in [0.29, 0.717) is 17.3 Å². The lowest BCUT2D eigenvalue weighted by Gasteiger charge is -2.09.